The van der Waals surface area contributed by atoms with Crippen molar-refractivity contribution in [3.8, 4) is 0 Å². The van der Waals surface area contributed by atoms with E-state index < -0.39 is 0 Å². The van der Waals surface area contributed by atoms with Crippen molar-refractivity contribution in [2.75, 3.05) is 5.32 Å². The van der Waals surface area contributed by atoms with Crippen LogP contribution in [0.5, 0.6) is 0 Å². The maximum absolute atomic E-state index is 12.7. The summed E-state index contributed by atoms with van der Waals surface area (Å²) in [6.07, 6.45) is 0.357. The number of nitrogens with one attached hydrogen (secondary N) is 1. The second-order valence-electron chi connectivity index (χ2n) is 7.67. The number of benzene rings is 3. The molecule has 1 amide bonds. The van der Waals surface area contributed by atoms with E-state index in [1.165, 1.54) is 0 Å². The van der Waals surface area contributed by atoms with E-state index in [2.05, 4.69) is 22.0 Å². The minimum atomic E-state index is -0.0108. The van der Waals surface area contributed by atoms with Crippen LogP contribution in [0.1, 0.15) is 17.5 Å². The van der Waals surface area contributed by atoms with Gasteiger partial charge in [-0.25, -0.2) is 9.97 Å². The van der Waals surface area contributed by atoms with Crippen LogP contribution in [0.4, 0.5) is 5.69 Å². The normalized spacial score (nSPS) is 11.4. The molecule has 0 aliphatic carbocycles. The molecule has 2 aromatic heterocycles. The molecule has 5 rings (SSSR count). The molecule has 0 saturated heterocycles. The van der Waals surface area contributed by atoms with Crippen LogP contribution in [-0.4, -0.2) is 20.4 Å². The van der Waals surface area contributed by atoms with Crippen LogP contribution in [0.2, 0.25) is 0 Å². The molecule has 0 bridgehead atoms. The molecule has 5 aromatic rings. The minimum Gasteiger partial charge on any atom is -0.326 e. The fourth-order valence-electron chi connectivity index (χ4n) is 3.91. The third-order valence-electron chi connectivity index (χ3n) is 5.49. The average Bonchev–Trinajstić information content (AvgIpc) is 3.06. The van der Waals surface area contributed by atoms with Crippen molar-refractivity contribution < 1.29 is 4.79 Å². The zero-order valence-corrected chi connectivity index (χ0v) is 17.0. The molecule has 5 nitrogen and oxygen atoms in total. The molecule has 0 saturated carbocycles. The van der Waals surface area contributed by atoms with Gasteiger partial charge in [-0.2, -0.15) is 0 Å². The fraction of sp³-hybridized carbons (Fsp3) is 0.160. The summed E-state index contributed by atoms with van der Waals surface area (Å²) in [6, 6.07) is 22.1. The van der Waals surface area contributed by atoms with E-state index in [4.69, 9.17) is 9.97 Å². The molecule has 0 fully saturated rings. The third kappa shape index (κ3) is 3.18. The molecular weight excluding hydrogens is 372 g/mol. The number of nitrogens with zero attached hydrogens (tertiary/aromatic N) is 3. The van der Waals surface area contributed by atoms with Gasteiger partial charge in [-0.05, 0) is 49.2 Å². The number of aromatic nitrogens is 3. The van der Waals surface area contributed by atoms with Crippen molar-refractivity contribution in [2.45, 2.75) is 26.8 Å². The smallest absolute Gasteiger partial charge is 0.226 e. The van der Waals surface area contributed by atoms with Crippen molar-refractivity contribution in [1.82, 2.24) is 14.5 Å². The second kappa shape index (κ2) is 7.26. The Bertz CT molecular complexity index is 1420. The summed E-state index contributed by atoms with van der Waals surface area (Å²) >= 11 is 0. The van der Waals surface area contributed by atoms with Gasteiger partial charge in [-0.15, -0.1) is 0 Å². The summed E-state index contributed by atoms with van der Waals surface area (Å²) in [5.74, 6) is -0.0108. The number of aryl methyl sites for hydroxylation is 3. The lowest BCUT2D eigenvalue weighted by Crippen LogP contribution is -2.15. The summed E-state index contributed by atoms with van der Waals surface area (Å²) in [4.78, 5) is 22.4. The standard InChI is InChI=1S/C25H22N4O/c1-16-11-12-17(2)21(15-16)26-23(30)13-14-29-22-10-6-3-7-18(22)24-25(29)28-20-9-5-4-8-19(20)27-24/h3-12,15H,13-14H2,1-2H3,(H,26,30). The van der Waals surface area contributed by atoms with Crippen molar-refractivity contribution in [3.63, 3.8) is 0 Å². The van der Waals surface area contributed by atoms with Crippen molar-refractivity contribution >= 4 is 44.7 Å². The highest BCUT2D eigenvalue weighted by molar-refractivity contribution is 6.06. The van der Waals surface area contributed by atoms with Crippen molar-refractivity contribution in [3.05, 3.63) is 77.9 Å². The van der Waals surface area contributed by atoms with Crippen LogP contribution < -0.4 is 5.32 Å². The number of hydrogen-bond acceptors (Lipinski definition) is 3. The van der Waals surface area contributed by atoms with Gasteiger partial charge >= 0.3 is 0 Å². The van der Waals surface area contributed by atoms with E-state index in [1.807, 2.05) is 68.4 Å². The number of anilines is 1. The molecule has 3 aromatic carbocycles. The number of carbonyl (C=O) groups excluding carboxylic acids is 1. The van der Waals surface area contributed by atoms with Crippen LogP contribution in [0.3, 0.4) is 0 Å². The molecular formula is C25H22N4O. The summed E-state index contributed by atoms with van der Waals surface area (Å²) < 4.78 is 2.10. The molecule has 30 heavy (non-hydrogen) atoms. The molecule has 0 radical (unpaired) electrons. The summed E-state index contributed by atoms with van der Waals surface area (Å²) in [6.45, 7) is 4.56. The van der Waals surface area contributed by atoms with Gasteiger partial charge < -0.3 is 9.88 Å². The highest BCUT2D eigenvalue weighted by Gasteiger charge is 2.15. The van der Waals surface area contributed by atoms with Crippen molar-refractivity contribution in [1.29, 1.82) is 0 Å². The first kappa shape index (κ1) is 18.3. The van der Waals surface area contributed by atoms with Crippen LogP contribution >= 0.6 is 0 Å². The minimum absolute atomic E-state index is 0.0108. The van der Waals surface area contributed by atoms with Crippen LogP contribution in [0.15, 0.2) is 66.7 Å². The topological polar surface area (TPSA) is 59.8 Å². The summed E-state index contributed by atoms with van der Waals surface area (Å²) in [5.41, 5.74) is 7.52. The van der Waals surface area contributed by atoms with E-state index in [9.17, 15) is 4.79 Å². The average molecular weight is 394 g/mol. The molecule has 148 valence electrons. The predicted octanol–water partition coefficient (Wildman–Crippen LogP) is 5.38. The first-order valence-corrected chi connectivity index (χ1v) is 10.1. The Kier molecular flexibility index (Phi) is 4.43. The van der Waals surface area contributed by atoms with Crippen LogP contribution in [0.25, 0.3) is 33.1 Å². The monoisotopic (exact) mass is 394 g/mol. The zero-order chi connectivity index (χ0) is 20.7. The molecule has 0 atom stereocenters. The first-order valence-electron chi connectivity index (χ1n) is 10.1. The van der Waals surface area contributed by atoms with Crippen LogP contribution in [0, 0.1) is 13.8 Å². The third-order valence-corrected chi connectivity index (χ3v) is 5.49. The predicted molar refractivity (Wildman–Crippen MR) is 122 cm³/mol. The van der Waals surface area contributed by atoms with Gasteiger partial charge in [0.25, 0.3) is 0 Å². The maximum Gasteiger partial charge on any atom is 0.226 e. The van der Waals surface area contributed by atoms with E-state index in [0.717, 1.165) is 49.9 Å². The van der Waals surface area contributed by atoms with Gasteiger partial charge in [0, 0.05) is 24.0 Å². The molecule has 0 unspecified atom stereocenters. The van der Waals surface area contributed by atoms with Gasteiger partial charge in [0.15, 0.2) is 5.65 Å². The first-order chi connectivity index (χ1) is 14.6. The van der Waals surface area contributed by atoms with E-state index in [0.29, 0.717) is 13.0 Å². The lowest BCUT2D eigenvalue weighted by atomic mass is 10.1. The number of carbonyl (C=O) groups is 1. The fourth-order valence-corrected chi connectivity index (χ4v) is 3.91. The van der Waals surface area contributed by atoms with Gasteiger partial charge in [0.2, 0.25) is 5.91 Å². The summed E-state index contributed by atoms with van der Waals surface area (Å²) in [5, 5.41) is 4.11. The van der Waals surface area contributed by atoms with E-state index >= 15 is 0 Å². The lowest BCUT2D eigenvalue weighted by molar-refractivity contribution is -0.116. The van der Waals surface area contributed by atoms with Gasteiger partial charge in [-0.3, -0.25) is 4.79 Å². The van der Waals surface area contributed by atoms with E-state index in [-0.39, 0.29) is 5.91 Å². The Hall–Kier alpha value is -3.73. The number of para-hydroxylation sites is 3. The highest BCUT2D eigenvalue weighted by atomic mass is 16.1. The molecule has 0 spiro atoms. The SMILES string of the molecule is Cc1ccc(C)c(NC(=O)CCn2c3ccccc3c3nc4ccccc4nc32)c1. The van der Waals surface area contributed by atoms with Gasteiger partial charge in [0.05, 0.1) is 16.6 Å². The number of rotatable bonds is 4. The Morgan fingerprint density at radius 3 is 2.50 bits per heavy atom. The quantitative estimate of drug-likeness (QED) is 0.445. The maximum atomic E-state index is 12.7. The van der Waals surface area contributed by atoms with Gasteiger partial charge in [-0.1, -0.05) is 42.5 Å². The number of amides is 1. The Labute approximate surface area is 174 Å². The number of fused-ring (bicyclic) bond motifs is 4. The second-order valence-corrected chi connectivity index (χ2v) is 7.67. The molecule has 2 heterocycles. The molecule has 5 heteroatoms. The number of hydrogen-bond donors (Lipinski definition) is 1. The zero-order valence-electron chi connectivity index (χ0n) is 17.0. The summed E-state index contributed by atoms with van der Waals surface area (Å²) in [7, 11) is 0. The van der Waals surface area contributed by atoms with Crippen molar-refractivity contribution in [2.24, 2.45) is 0 Å². The van der Waals surface area contributed by atoms with E-state index in [1.54, 1.807) is 0 Å². The lowest BCUT2D eigenvalue weighted by Gasteiger charge is -2.11. The Balaban J connectivity index is 1.51. The molecule has 0 aliphatic rings. The van der Waals surface area contributed by atoms with Gasteiger partial charge in [0.1, 0.15) is 5.52 Å². The highest BCUT2D eigenvalue weighted by Crippen LogP contribution is 2.28. The van der Waals surface area contributed by atoms with Crippen LogP contribution in [-0.2, 0) is 11.3 Å². The largest absolute Gasteiger partial charge is 0.326 e. The Morgan fingerprint density at radius 1 is 0.933 bits per heavy atom. The molecule has 0 aliphatic heterocycles. The Morgan fingerprint density at radius 2 is 1.67 bits per heavy atom. The molecule has 1 N–H and O–H groups in total.